The first-order chi connectivity index (χ1) is 13.7. The van der Waals surface area contributed by atoms with Gasteiger partial charge in [-0.05, 0) is 79.3 Å². The molecule has 0 radical (unpaired) electrons. The molecule has 0 saturated carbocycles. The minimum absolute atomic E-state index is 0.0516. The van der Waals surface area contributed by atoms with Crippen molar-refractivity contribution in [2.24, 2.45) is 5.92 Å². The second-order valence-electron chi connectivity index (χ2n) is 7.50. The second kappa shape index (κ2) is 8.67. The number of hydrogen-bond donors (Lipinski definition) is 0. The third kappa shape index (κ3) is 5.25. The van der Waals surface area contributed by atoms with Gasteiger partial charge in [0.15, 0.2) is 11.6 Å². The number of hydrogen-bond acceptors (Lipinski definition) is 1. The summed E-state index contributed by atoms with van der Waals surface area (Å²) in [5.41, 5.74) is 1.53. The van der Waals surface area contributed by atoms with Crippen molar-refractivity contribution in [3.8, 4) is 5.75 Å². The highest BCUT2D eigenvalue weighted by atomic mass is 19.4. The summed E-state index contributed by atoms with van der Waals surface area (Å²) < 4.78 is 83.7. The molecule has 0 saturated heterocycles. The number of halogens is 6. The first kappa shape index (κ1) is 21.5. The summed E-state index contributed by atoms with van der Waals surface area (Å²) in [7, 11) is 0. The molecule has 7 heteroatoms. The molecular weight excluding hydrogens is 394 g/mol. The highest BCUT2D eigenvalue weighted by Crippen LogP contribution is 2.35. The monoisotopic (exact) mass is 416 g/mol. The number of rotatable bonds is 6. The fourth-order valence-corrected chi connectivity index (χ4v) is 3.99. The fourth-order valence-electron chi connectivity index (χ4n) is 3.99. The van der Waals surface area contributed by atoms with E-state index in [2.05, 4.69) is 4.74 Å². The minimum atomic E-state index is -4.95. The van der Waals surface area contributed by atoms with E-state index in [1.54, 1.807) is 0 Å². The second-order valence-corrected chi connectivity index (χ2v) is 7.50. The summed E-state index contributed by atoms with van der Waals surface area (Å²) in [6.07, 6.45) is -1.55. The van der Waals surface area contributed by atoms with Crippen LogP contribution in [0.3, 0.4) is 0 Å². The van der Waals surface area contributed by atoms with Crippen LogP contribution in [-0.4, -0.2) is 6.36 Å². The molecule has 0 spiro atoms. The summed E-state index contributed by atoms with van der Waals surface area (Å²) in [6, 6.07) is 5.16. The SMILES string of the molecule is CCCc1cc(F)c(CCC2CCc3c(ccc(OC(F)(F)F)c3F)C2)c(F)c1. The van der Waals surface area contributed by atoms with E-state index < -0.39 is 29.6 Å². The summed E-state index contributed by atoms with van der Waals surface area (Å²) in [5, 5.41) is 0. The molecule has 2 aromatic rings. The van der Waals surface area contributed by atoms with Gasteiger partial charge in [0.05, 0.1) is 0 Å². The van der Waals surface area contributed by atoms with Gasteiger partial charge in [0, 0.05) is 5.56 Å². The quantitative estimate of drug-likeness (QED) is 0.477. The normalized spacial score (nSPS) is 16.6. The summed E-state index contributed by atoms with van der Waals surface area (Å²) >= 11 is 0. The highest BCUT2D eigenvalue weighted by molar-refractivity contribution is 5.39. The maximum absolute atomic E-state index is 14.3. The molecule has 29 heavy (non-hydrogen) atoms. The molecule has 1 unspecified atom stereocenters. The maximum Gasteiger partial charge on any atom is 0.573 e. The van der Waals surface area contributed by atoms with E-state index in [1.165, 1.54) is 18.2 Å². The third-order valence-corrected chi connectivity index (χ3v) is 5.38. The number of fused-ring (bicyclic) bond motifs is 1. The van der Waals surface area contributed by atoms with E-state index in [0.717, 1.165) is 12.5 Å². The minimum Gasteiger partial charge on any atom is -0.403 e. The predicted molar refractivity (Wildman–Crippen MR) is 97.3 cm³/mol. The van der Waals surface area contributed by atoms with E-state index >= 15 is 0 Å². The van der Waals surface area contributed by atoms with Gasteiger partial charge in [-0.25, -0.2) is 13.2 Å². The van der Waals surface area contributed by atoms with Crippen LogP contribution in [0.25, 0.3) is 0 Å². The van der Waals surface area contributed by atoms with Gasteiger partial charge in [-0.3, -0.25) is 0 Å². The van der Waals surface area contributed by atoms with Gasteiger partial charge in [-0.15, -0.1) is 13.2 Å². The Morgan fingerprint density at radius 1 is 1.03 bits per heavy atom. The molecule has 0 N–H and O–H groups in total. The van der Waals surface area contributed by atoms with Crippen LogP contribution in [0.1, 0.15) is 48.4 Å². The molecule has 1 aliphatic carbocycles. The van der Waals surface area contributed by atoms with Crippen molar-refractivity contribution in [1.29, 1.82) is 0 Å². The van der Waals surface area contributed by atoms with E-state index in [0.29, 0.717) is 36.8 Å². The zero-order chi connectivity index (χ0) is 21.2. The van der Waals surface area contributed by atoms with Crippen molar-refractivity contribution in [3.05, 3.63) is 64.0 Å². The van der Waals surface area contributed by atoms with Gasteiger partial charge in [-0.1, -0.05) is 19.4 Å². The molecule has 1 nitrogen and oxygen atoms in total. The zero-order valence-corrected chi connectivity index (χ0v) is 16.0. The molecule has 0 amide bonds. The Kier molecular flexibility index (Phi) is 6.44. The van der Waals surface area contributed by atoms with Gasteiger partial charge in [0.1, 0.15) is 11.6 Å². The maximum atomic E-state index is 14.3. The van der Waals surface area contributed by atoms with Gasteiger partial charge in [0.2, 0.25) is 0 Å². The topological polar surface area (TPSA) is 9.23 Å². The molecule has 0 fully saturated rings. The van der Waals surface area contributed by atoms with Crippen LogP contribution in [0, 0.1) is 23.4 Å². The largest absolute Gasteiger partial charge is 0.573 e. The molecule has 158 valence electrons. The van der Waals surface area contributed by atoms with E-state index in [4.69, 9.17) is 0 Å². The van der Waals surface area contributed by atoms with Crippen molar-refractivity contribution in [2.75, 3.05) is 0 Å². The standard InChI is InChI=1S/C22H22F6O/c1-2-3-14-11-18(23)17(19(24)12-14)8-5-13-4-7-16-15(10-13)6-9-20(21(16)25)29-22(26,27)28/h6,9,11-13H,2-5,7-8,10H2,1H3. The highest BCUT2D eigenvalue weighted by Gasteiger charge is 2.34. The van der Waals surface area contributed by atoms with Crippen molar-refractivity contribution in [3.63, 3.8) is 0 Å². The van der Waals surface area contributed by atoms with E-state index in [-0.39, 0.29) is 29.9 Å². The lowest BCUT2D eigenvalue weighted by atomic mass is 9.80. The first-order valence-corrected chi connectivity index (χ1v) is 9.70. The Balaban J connectivity index is 1.67. The lowest BCUT2D eigenvalue weighted by Gasteiger charge is -2.26. The van der Waals surface area contributed by atoms with Gasteiger partial charge in [-0.2, -0.15) is 0 Å². The van der Waals surface area contributed by atoms with E-state index in [1.807, 2.05) is 6.92 Å². The van der Waals surface area contributed by atoms with Crippen molar-refractivity contribution in [1.82, 2.24) is 0 Å². The smallest absolute Gasteiger partial charge is 0.403 e. The molecule has 0 bridgehead atoms. The van der Waals surface area contributed by atoms with Gasteiger partial charge < -0.3 is 4.74 Å². The molecule has 3 rings (SSSR count). The van der Waals surface area contributed by atoms with Crippen LogP contribution >= 0.6 is 0 Å². The van der Waals surface area contributed by atoms with Crippen molar-refractivity contribution < 1.29 is 31.1 Å². The molecule has 0 aromatic heterocycles. The average molecular weight is 416 g/mol. The van der Waals surface area contributed by atoms with Crippen molar-refractivity contribution >= 4 is 0 Å². The molecular formula is C22H22F6O. The van der Waals surface area contributed by atoms with Crippen LogP contribution < -0.4 is 4.74 Å². The predicted octanol–water partition coefficient (Wildman–Crippen LogP) is 6.69. The molecule has 2 aromatic carbocycles. The summed E-state index contributed by atoms with van der Waals surface area (Å²) in [5.74, 6) is -2.84. The first-order valence-electron chi connectivity index (χ1n) is 9.70. The Bertz CT molecular complexity index is 851. The van der Waals surface area contributed by atoms with Crippen LogP contribution in [0.15, 0.2) is 24.3 Å². The van der Waals surface area contributed by atoms with Crippen LogP contribution in [0.5, 0.6) is 5.75 Å². The Hall–Kier alpha value is -2.18. The van der Waals surface area contributed by atoms with Gasteiger partial charge in [0.25, 0.3) is 0 Å². The molecule has 1 aliphatic rings. The zero-order valence-electron chi connectivity index (χ0n) is 16.0. The van der Waals surface area contributed by atoms with Crippen molar-refractivity contribution in [2.45, 2.75) is 58.2 Å². The summed E-state index contributed by atoms with van der Waals surface area (Å²) in [4.78, 5) is 0. The number of alkyl halides is 3. The molecule has 0 aliphatic heterocycles. The number of aryl methyl sites for hydroxylation is 1. The summed E-state index contributed by atoms with van der Waals surface area (Å²) in [6.45, 7) is 1.94. The Morgan fingerprint density at radius 2 is 1.72 bits per heavy atom. The lowest BCUT2D eigenvalue weighted by Crippen LogP contribution is -2.21. The Morgan fingerprint density at radius 3 is 2.34 bits per heavy atom. The average Bonchev–Trinajstić information content (AvgIpc) is 2.63. The molecule has 0 heterocycles. The number of benzene rings is 2. The number of ether oxygens (including phenoxy) is 1. The lowest BCUT2D eigenvalue weighted by molar-refractivity contribution is -0.275. The van der Waals surface area contributed by atoms with Gasteiger partial charge >= 0.3 is 6.36 Å². The molecule has 1 atom stereocenters. The van der Waals surface area contributed by atoms with Crippen LogP contribution in [0.4, 0.5) is 26.3 Å². The van der Waals surface area contributed by atoms with Crippen LogP contribution in [-0.2, 0) is 25.7 Å². The third-order valence-electron chi connectivity index (χ3n) is 5.38. The fraction of sp³-hybridized carbons (Fsp3) is 0.455. The van der Waals surface area contributed by atoms with Crippen LogP contribution in [0.2, 0.25) is 0 Å². The Labute approximate surface area is 165 Å². The van der Waals surface area contributed by atoms with E-state index in [9.17, 15) is 26.3 Å².